The summed E-state index contributed by atoms with van der Waals surface area (Å²) in [6, 6.07) is -0.780. The van der Waals surface area contributed by atoms with Gasteiger partial charge in [0, 0.05) is 17.8 Å². The highest BCUT2D eigenvalue weighted by atomic mass is 16.6. The molecule has 0 aromatic heterocycles. The lowest BCUT2D eigenvalue weighted by molar-refractivity contribution is -0.520. The first-order chi connectivity index (χ1) is 9.51. The highest BCUT2D eigenvalue weighted by molar-refractivity contribution is 5.71. The number of hydrogen-bond acceptors (Lipinski definition) is 6. The van der Waals surface area contributed by atoms with Crippen LogP contribution in [0.1, 0.15) is 25.7 Å². The lowest BCUT2D eigenvalue weighted by Gasteiger charge is -2.03. The second-order valence-corrected chi connectivity index (χ2v) is 3.91. The molecule has 0 unspecified atom stereocenters. The number of esters is 2. The minimum atomic E-state index is -0.780. The summed E-state index contributed by atoms with van der Waals surface area (Å²) in [7, 11) is 2.56. The molecule has 0 spiro atoms. The second-order valence-electron chi connectivity index (χ2n) is 3.91. The Balaban J connectivity index is 4.14. The Morgan fingerprint density at radius 3 is 1.70 bits per heavy atom. The van der Waals surface area contributed by atoms with E-state index in [0.29, 0.717) is 0 Å². The van der Waals surface area contributed by atoms with Crippen LogP contribution in [0.15, 0.2) is 24.3 Å². The lowest BCUT2D eigenvalue weighted by Crippen LogP contribution is -2.17. The molecule has 112 valence electrons. The average molecular weight is 285 g/mol. The van der Waals surface area contributed by atoms with Crippen LogP contribution in [-0.4, -0.2) is 37.1 Å². The van der Waals surface area contributed by atoms with Crippen LogP contribution in [0.2, 0.25) is 0 Å². The van der Waals surface area contributed by atoms with Gasteiger partial charge in [-0.05, 0) is 0 Å². The molecule has 0 atom stereocenters. The normalized spacial score (nSPS) is 11.2. The van der Waals surface area contributed by atoms with Crippen molar-refractivity contribution >= 4 is 11.9 Å². The number of nitro groups is 1. The maximum absolute atomic E-state index is 10.8. The lowest BCUT2D eigenvalue weighted by atomic mass is 10.1. The summed E-state index contributed by atoms with van der Waals surface area (Å²) < 4.78 is 8.88. The summed E-state index contributed by atoms with van der Waals surface area (Å²) in [6.45, 7) is 0. The van der Waals surface area contributed by atoms with Crippen LogP contribution < -0.4 is 0 Å². The highest BCUT2D eigenvalue weighted by Crippen LogP contribution is 2.06. The standard InChI is InChI=1S/C13H19NO6/c1-19-12(15)9-5-3-7-11(14(17)18)8-4-6-10-13(16)20-2/h3-6,11H,7-10H2,1-2H3/b5-3+,6-4+. The quantitative estimate of drug-likeness (QED) is 0.276. The smallest absolute Gasteiger partial charge is 0.309 e. The zero-order valence-corrected chi connectivity index (χ0v) is 11.6. The van der Waals surface area contributed by atoms with Gasteiger partial charge in [-0.1, -0.05) is 24.3 Å². The van der Waals surface area contributed by atoms with Gasteiger partial charge in [-0.15, -0.1) is 0 Å². The number of carbonyl (C=O) groups is 2. The molecule has 7 heteroatoms. The molecule has 0 bridgehead atoms. The van der Waals surface area contributed by atoms with Crippen molar-refractivity contribution in [2.75, 3.05) is 14.2 Å². The summed E-state index contributed by atoms with van der Waals surface area (Å²) in [5.41, 5.74) is 0. The average Bonchev–Trinajstić information content (AvgIpc) is 2.44. The molecule has 20 heavy (non-hydrogen) atoms. The molecular weight excluding hydrogens is 266 g/mol. The van der Waals surface area contributed by atoms with E-state index in [1.807, 2.05) is 0 Å². The van der Waals surface area contributed by atoms with Crippen LogP contribution in [0.3, 0.4) is 0 Å². The first kappa shape index (κ1) is 17.8. The van der Waals surface area contributed by atoms with Crippen molar-refractivity contribution in [2.45, 2.75) is 31.7 Å². The van der Waals surface area contributed by atoms with Gasteiger partial charge in [-0.25, -0.2) is 0 Å². The van der Waals surface area contributed by atoms with E-state index in [9.17, 15) is 19.7 Å². The molecule has 0 heterocycles. The monoisotopic (exact) mass is 285 g/mol. The van der Waals surface area contributed by atoms with Crippen molar-refractivity contribution in [1.29, 1.82) is 0 Å². The molecule has 0 amide bonds. The molecule has 0 N–H and O–H groups in total. The predicted molar refractivity (Wildman–Crippen MR) is 71.6 cm³/mol. The molecule has 0 aliphatic rings. The van der Waals surface area contributed by atoms with Gasteiger partial charge in [-0.2, -0.15) is 0 Å². The van der Waals surface area contributed by atoms with Crippen LogP contribution >= 0.6 is 0 Å². The first-order valence-corrected chi connectivity index (χ1v) is 6.08. The third-order valence-electron chi connectivity index (χ3n) is 2.47. The van der Waals surface area contributed by atoms with Gasteiger partial charge in [0.05, 0.1) is 27.1 Å². The number of carbonyl (C=O) groups excluding carboxylic acids is 2. The molecule has 0 saturated carbocycles. The molecule has 0 radical (unpaired) electrons. The third kappa shape index (κ3) is 8.84. The van der Waals surface area contributed by atoms with E-state index < -0.39 is 18.0 Å². The van der Waals surface area contributed by atoms with Gasteiger partial charge in [0.25, 0.3) is 0 Å². The SMILES string of the molecule is COC(=O)C/C=C/CC(C/C=C/CC(=O)OC)[N+](=O)[O-]. The molecule has 0 aromatic rings. The van der Waals surface area contributed by atoms with Crippen molar-refractivity contribution in [1.82, 2.24) is 0 Å². The van der Waals surface area contributed by atoms with Crippen LogP contribution in [0.25, 0.3) is 0 Å². The predicted octanol–water partition coefficient (Wildman–Crippen LogP) is 1.65. The Bertz CT molecular complexity index is 358. The van der Waals surface area contributed by atoms with Crippen LogP contribution in [0, 0.1) is 10.1 Å². The van der Waals surface area contributed by atoms with Crippen molar-refractivity contribution < 1.29 is 24.0 Å². The zero-order chi connectivity index (χ0) is 15.4. The first-order valence-electron chi connectivity index (χ1n) is 6.08. The second kappa shape index (κ2) is 10.7. The zero-order valence-electron chi connectivity index (χ0n) is 11.6. The number of ether oxygens (including phenoxy) is 2. The van der Waals surface area contributed by atoms with E-state index in [0.717, 1.165) is 0 Å². The number of methoxy groups -OCH3 is 2. The van der Waals surface area contributed by atoms with Crippen molar-refractivity contribution in [3.63, 3.8) is 0 Å². The van der Waals surface area contributed by atoms with E-state index >= 15 is 0 Å². The van der Waals surface area contributed by atoms with Crippen LogP contribution in [0.5, 0.6) is 0 Å². The Hall–Kier alpha value is -2.18. The largest absolute Gasteiger partial charge is 0.469 e. The Kier molecular flexibility index (Phi) is 9.55. The van der Waals surface area contributed by atoms with Crippen LogP contribution in [0.4, 0.5) is 0 Å². The van der Waals surface area contributed by atoms with Gasteiger partial charge in [0.1, 0.15) is 0 Å². The highest BCUT2D eigenvalue weighted by Gasteiger charge is 2.16. The third-order valence-corrected chi connectivity index (χ3v) is 2.47. The van der Waals surface area contributed by atoms with Gasteiger partial charge in [0.15, 0.2) is 0 Å². The Labute approximate surface area is 117 Å². The minimum absolute atomic E-state index is 0.0963. The molecule has 7 nitrogen and oxygen atoms in total. The van der Waals surface area contributed by atoms with Gasteiger partial charge in [-0.3, -0.25) is 19.7 Å². The summed E-state index contributed by atoms with van der Waals surface area (Å²) >= 11 is 0. The molecule has 0 rings (SSSR count). The number of nitrogens with zero attached hydrogens (tertiary/aromatic N) is 1. The number of hydrogen-bond donors (Lipinski definition) is 0. The molecule has 0 fully saturated rings. The van der Waals surface area contributed by atoms with Crippen molar-refractivity contribution in [3.05, 3.63) is 34.4 Å². The Morgan fingerprint density at radius 2 is 1.40 bits per heavy atom. The van der Waals surface area contributed by atoms with Crippen molar-refractivity contribution in [2.24, 2.45) is 0 Å². The molecule has 0 aliphatic carbocycles. The number of rotatable bonds is 9. The van der Waals surface area contributed by atoms with E-state index in [1.54, 1.807) is 24.3 Å². The van der Waals surface area contributed by atoms with Crippen molar-refractivity contribution in [3.8, 4) is 0 Å². The van der Waals surface area contributed by atoms with Crippen LogP contribution in [-0.2, 0) is 19.1 Å². The molecule has 0 saturated heterocycles. The fourth-order valence-corrected chi connectivity index (χ4v) is 1.30. The molecule has 0 aromatic carbocycles. The summed E-state index contributed by atoms with van der Waals surface area (Å²) in [6.07, 6.45) is 6.87. The fraction of sp³-hybridized carbons (Fsp3) is 0.538. The van der Waals surface area contributed by atoms with Gasteiger partial charge < -0.3 is 9.47 Å². The summed E-state index contributed by atoms with van der Waals surface area (Å²) in [4.78, 5) is 32.1. The van der Waals surface area contributed by atoms with E-state index in [2.05, 4.69) is 9.47 Å². The maximum atomic E-state index is 10.8. The van der Waals surface area contributed by atoms with Gasteiger partial charge >= 0.3 is 11.9 Å². The molecular formula is C13H19NO6. The summed E-state index contributed by atoms with van der Waals surface area (Å²) in [5.74, 6) is -0.784. The van der Waals surface area contributed by atoms with E-state index in [1.165, 1.54) is 14.2 Å². The minimum Gasteiger partial charge on any atom is -0.469 e. The maximum Gasteiger partial charge on any atom is 0.309 e. The van der Waals surface area contributed by atoms with E-state index in [4.69, 9.17) is 0 Å². The van der Waals surface area contributed by atoms with Gasteiger partial charge in [0.2, 0.25) is 6.04 Å². The summed E-state index contributed by atoms with van der Waals surface area (Å²) in [5, 5.41) is 10.8. The van der Waals surface area contributed by atoms with E-state index in [-0.39, 0.29) is 30.6 Å². The fourth-order valence-electron chi connectivity index (χ4n) is 1.30. The topological polar surface area (TPSA) is 95.7 Å². The molecule has 0 aliphatic heterocycles. The Morgan fingerprint density at radius 1 is 1.00 bits per heavy atom.